The molecular formula is C32H48IN5O6. The molecule has 1 aromatic heterocycles. The summed E-state index contributed by atoms with van der Waals surface area (Å²) in [6, 6.07) is 7.70. The predicted octanol–water partition coefficient (Wildman–Crippen LogP) is 5.46. The number of likely N-dealkylation sites (N-methyl/N-ethyl adjacent to an activating group) is 1. The lowest BCUT2D eigenvalue weighted by Gasteiger charge is -2.29. The standard InChI is InChI=1S/C32H48IN5O6/c1-3-27(39)24-43-21-7-19-41-17-4-5-18-42-20-8-22-44-28-13-11-26(12-14-28)36-32-35-23-29(33)30(37-32)34-15-16-38(2)31(40)25-9-6-10-25/h11-14,23,25H,3-10,15-22,24H2,1-2H3,(H2,34,35,36,37). The fourth-order valence-electron chi connectivity index (χ4n) is 4.25. The van der Waals surface area contributed by atoms with Gasteiger partial charge in [0.2, 0.25) is 11.9 Å². The maximum absolute atomic E-state index is 12.3. The van der Waals surface area contributed by atoms with E-state index in [2.05, 4.69) is 43.2 Å². The summed E-state index contributed by atoms with van der Waals surface area (Å²) in [5, 5.41) is 6.57. The highest BCUT2D eigenvalue weighted by Gasteiger charge is 2.27. The first kappa shape index (κ1) is 35.9. The highest BCUT2D eigenvalue weighted by atomic mass is 127. The minimum Gasteiger partial charge on any atom is -0.494 e. The number of nitrogens with zero attached hydrogens (tertiary/aromatic N) is 3. The summed E-state index contributed by atoms with van der Waals surface area (Å²) in [5.74, 6) is 2.61. The third-order valence-electron chi connectivity index (χ3n) is 7.19. The first-order valence-corrected chi connectivity index (χ1v) is 16.8. The van der Waals surface area contributed by atoms with Crippen molar-refractivity contribution in [2.45, 2.75) is 58.3 Å². The van der Waals surface area contributed by atoms with E-state index >= 15 is 0 Å². The first-order chi connectivity index (χ1) is 21.5. The van der Waals surface area contributed by atoms with Gasteiger partial charge in [0.25, 0.3) is 0 Å². The molecule has 0 radical (unpaired) electrons. The summed E-state index contributed by atoms with van der Waals surface area (Å²) < 4.78 is 23.3. The van der Waals surface area contributed by atoms with Crippen LogP contribution >= 0.6 is 22.6 Å². The SMILES string of the molecule is CCC(=O)COCCCOCCCCOCCCOc1ccc(Nc2ncc(I)c(NCCN(C)C(=O)C3CCC3)n2)cc1. The molecule has 11 nitrogen and oxygen atoms in total. The Balaban J connectivity index is 1.21. The molecule has 12 heteroatoms. The molecule has 1 fully saturated rings. The predicted molar refractivity (Wildman–Crippen MR) is 180 cm³/mol. The maximum Gasteiger partial charge on any atom is 0.229 e. The molecule has 1 aliphatic carbocycles. The largest absolute Gasteiger partial charge is 0.494 e. The van der Waals surface area contributed by atoms with Crippen LogP contribution in [-0.2, 0) is 23.8 Å². The quantitative estimate of drug-likeness (QED) is 0.107. The van der Waals surface area contributed by atoms with Crippen LogP contribution in [0.2, 0.25) is 0 Å². The van der Waals surface area contributed by atoms with Crippen LogP contribution in [0.3, 0.4) is 0 Å². The van der Waals surface area contributed by atoms with Gasteiger partial charge in [-0.25, -0.2) is 4.98 Å². The van der Waals surface area contributed by atoms with Crippen LogP contribution in [0.5, 0.6) is 5.75 Å². The summed E-state index contributed by atoms with van der Waals surface area (Å²) in [5.41, 5.74) is 0.861. The highest BCUT2D eigenvalue weighted by Crippen LogP contribution is 2.28. The second-order valence-corrected chi connectivity index (χ2v) is 11.9. The zero-order valence-corrected chi connectivity index (χ0v) is 28.3. The first-order valence-electron chi connectivity index (χ1n) is 15.7. The van der Waals surface area contributed by atoms with Gasteiger partial charge < -0.3 is 34.5 Å². The number of anilines is 3. The number of carbonyl (C=O) groups excluding carboxylic acids is 2. The van der Waals surface area contributed by atoms with Gasteiger partial charge in [0.1, 0.15) is 18.2 Å². The highest BCUT2D eigenvalue weighted by molar-refractivity contribution is 14.1. The van der Waals surface area contributed by atoms with Crippen molar-refractivity contribution in [3.63, 3.8) is 0 Å². The molecule has 44 heavy (non-hydrogen) atoms. The number of carbonyl (C=O) groups is 2. The Labute approximate surface area is 275 Å². The van der Waals surface area contributed by atoms with Crippen molar-refractivity contribution in [3.8, 4) is 5.75 Å². The second kappa shape index (κ2) is 21.2. The Morgan fingerprint density at radius 2 is 1.61 bits per heavy atom. The third-order valence-corrected chi connectivity index (χ3v) is 7.98. The lowest BCUT2D eigenvalue weighted by molar-refractivity contribution is -0.136. The van der Waals surface area contributed by atoms with Gasteiger partial charge in [0.15, 0.2) is 5.78 Å². The summed E-state index contributed by atoms with van der Waals surface area (Å²) in [6.07, 6.45) is 9.01. The molecule has 1 heterocycles. The molecule has 0 aliphatic heterocycles. The number of rotatable bonds is 24. The number of ether oxygens (including phenoxy) is 4. The molecule has 0 unspecified atom stereocenters. The number of amides is 1. The lowest BCUT2D eigenvalue weighted by atomic mass is 9.84. The van der Waals surface area contributed by atoms with Crippen LogP contribution < -0.4 is 15.4 Å². The van der Waals surface area contributed by atoms with Crippen LogP contribution in [0.4, 0.5) is 17.5 Å². The van der Waals surface area contributed by atoms with E-state index in [4.69, 9.17) is 18.9 Å². The Hall–Kier alpha value is -2.55. The Morgan fingerprint density at radius 3 is 2.27 bits per heavy atom. The van der Waals surface area contributed by atoms with Crippen LogP contribution in [0.15, 0.2) is 30.5 Å². The van der Waals surface area contributed by atoms with Crippen molar-refractivity contribution < 1.29 is 28.5 Å². The van der Waals surface area contributed by atoms with Crippen LogP contribution in [0, 0.1) is 9.49 Å². The molecule has 0 saturated heterocycles. The molecule has 3 rings (SSSR count). The summed E-state index contributed by atoms with van der Waals surface area (Å²) in [4.78, 5) is 34.3. The molecule has 244 valence electrons. The molecule has 1 amide bonds. The number of nitrogens with one attached hydrogen (secondary N) is 2. The van der Waals surface area contributed by atoms with Crippen LogP contribution in [0.1, 0.15) is 58.3 Å². The summed E-state index contributed by atoms with van der Waals surface area (Å²) in [6.45, 7) is 7.16. The number of Topliss-reactive ketones (excluding diaryl/α,β-unsaturated/α-hetero) is 1. The molecule has 2 aromatic rings. The maximum atomic E-state index is 12.3. The lowest BCUT2D eigenvalue weighted by Crippen LogP contribution is -2.38. The molecule has 0 atom stereocenters. The minimum absolute atomic E-state index is 0.132. The molecule has 1 aliphatic rings. The number of hydrogen-bond acceptors (Lipinski definition) is 10. The van der Waals surface area contributed by atoms with Gasteiger partial charge in [-0.1, -0.05) is 13.3 Å². The topological polar surface area (TPSA) is 124 Å². The van der Waals surface area contributed by atoms with Gasteiger partial charge in [0.05, 0.1) is 10.2 Å². The normalized spacial score (nSPS) is 12.9. The van der Waals surface area contributed by atoms with E-state index in [0.717, 1.165) is 65.8 Å². The Bertz CT molecular complexity index is 1120. The third kappa shape index (κ3) is 14.0. The summed E-state index contributed by atoms with van der Waals surface area (Å²) >= 11 is 2.21. The van der Waals surface area contributed by atoms with Gasteiger partial charge in [-0.15, -0.1) is 0 Å². The fraction of sp³-hybridized carbons (Fsp3) is 0.625. The van der Waals surface area contributed by atoms with E-state index in [1.54, 1.807) is 11.1 Å². The van der Waals surface area contributed by atoms with E-state index in [-0.39, 0.29) is 24.2 Å². The number of benzene rings is 1. The minimum atomic E-state index is 0.132. The number of hydrogen-bond donors (Lipinski definition) is 2. The molecule has 2 N–H and O–H groups in total. The van der Waals surface area contributed by atoms with Gasteiger partial charge in [-0.3, -0.25) is 9.59 Å². The van der Waals surface area contributed by atoms with Gasteiger partial charge in [-0.05, 0) is 79.0 Å². The zero-order chi connectivity index (χ0) is 31.4. The van der Waals surface area contributed by atoms with E-state index in [1.165, 1.54) is 0 Å². The van der Waals surface area contributed by atoms with Crippen molar-refractivity contribution >= 4 is 51.7 Å². The van der Waals surface area contributed by atoms with Crippen LogP contribution in [0.25, 0.3) is 0 Å². The van der Waals surface area contributed by atoms with Gasteiger partial charge in [0, 0.05) is 83.8 Å². The van der Waals surface area contributed by atoms with Crippen LogP contribution in [-0.4, -0.2) is 92.9 Å². The number of aromatic nitrogens is 2. The number of unbranched alkanes of at least 4 members (excludes halogenated alkanes) is 1. The molecule has 0 spiro atoms. The molecular weight excluding hydrogens is 677 g/mol. The second-order valence-electron chi connectivity index (χ2n) is 10.8. The summed E-state index contributed by atoms with van der Waals surface area (Å²) in [7, 11) is 1.86. The molecule has 1 aromatic carbocycles. The van der Waals surface area contributed by atoms with Crippen molar-refractivity contribution in [1.29, 1.82) is 0 Å². The smallest absolute Gasteiger partial charge is 0.229 e. The average Bonchev–Trinajstić information content (AvgIpc) is 3.00. The number of halogens is 1. The Morgan fingerprint density at radius 1 is 0.955 bits per heavy atom. The van der Waals surface area contributed by atoms with Crippen molar-refractivity contribution in [2.75, 3.05) is 77.0 Å². The van der Waals surface area contributed by atoms with Crippen molar-refractivity contribution in [3.05, 3.63) is 34.0 Å². The Kier molecular flexibility index (Phi) is 17.3. The van der Waals surface area contributed by atoms with Gasteiger partial charge in [-0.2, -0.15) is 4.98 Å². The zero-order valence-electron chi connectivity index (χ0n) is 26.2. The van der Waals surface area contributed by atoms with E-state index in [9.17, 15) is 9.59 Å². The van der Waals surface area contributed by atoms with Gasteiger partial charge >= 0.3 is 0 Å². The van der Waals surface area contributed by atoms with E-state index < -0.39 is 0 Å². The van der Waals surface area contributed by atoms with Crippen molar-refractivity contribution in [1.82, 2.24) is 14.9 Å². The van der Waals surface area contributed by atoms with E-state index in [1.807, 2.05) is 38.2 Å². The molecule has 0 bridgehead atoms. The average molecular weight is 726 g/mol. The van der Waals surface area contributed by atoms with Crippen molar-refractivity contribution in [2.24, 2.45) is 5.92 Å². The fourth-order valence-corrected chi connectivity index (χ4v) is 4.70. The molecule has 1 saturated carbocycles. The monoisotopic (exact) mass is 725 g/mol. The van der Waals surface area contributed by atoms with E-state index in [0.29, 0.717) is 65.1 Å². The number of ketones is 1.